The Kier molecular flexibility index (Phi) is 9.80. The molecular weight excluding hydrogens is 411 g/mol. The Labute approximate surface area is 178 Å². The number of nitrogens with zero attached hydrogens (tertiary/aromatic N) is 2. The Morgan fingerprint density at radius 3 is 2.63 bits per heavy atom. The molecule has 1 aromatic carbocycles. The molecule has 1 aromatic rings. The van der Waals surface area contributed by atoms with Crippen molar-refractivity contribution in [2.24, 2.45) is 4.99 Å². The highest BCUT2D eigenvalue weighted by Gasteiger charge is 2.20. The number of piperidine rings is 1. The molecule has 0 aliphatic carbocycles. The summed E-state index contributed by atoms with van der Waals surface area (Å²) in [5.74, 6) is 0.669. The summed E-state index contributed by atoms with van der Waals surface area (Å²) in [7, 11) is 0.187. The van der Waals surface area contributed by atoms with Gasteiger partial charge in [0.05, 0.1) is 26.1 Å². The number of benzene rings is 1. The molecule has 170 valence electrons. The highest BCUT2D eigenvalue weighted by molar-refractivity contribution is 7.90. The fourth-order valence-corrected chi connectivity index (χ4v) is 3.66. The van der Waals surface area contributed by atoms with Gasteiger partial charge in [0.2, 0.25) is 0 Å². The van der Waals surface area contributed by atoms with Gasteiger partial charge in [-0.25, -0.2) is 12.8 Å². The largest absolute Gasteiger partial charge is 0.494 e. The Morgan fingerprint density at radius 1 is 1.30 bits per heavy atom. The number of nitrogens with one attached hydrogen (secondary N) is 2. The third-order valence-corrected chi connectivity index (χ3v) is 5.82. The van der Waals surface area contributed by atoms with Crippen molar-refractivity contribution in [1.29, 1.82) is 0 Å². The number of ether oxygens (including phenoxy) is 2. The van der Waals surface area contributed by atoms with E-state index in [2.05, 4.69) is 20.5 Å². The first kappa shape index (κ1) is 24.4. The molecule has 1 saturated heterocycles. The lowest BCUT2D eigenvalue weighted by Crippen LogP contribution is -2.49. The molecular formula is C20H33FN4O4S. The van der Waals surface area contributed by atoms with Crippen LogP contribution >= 0.6 is 0 Å². The van der Waals surface area contributed by atoms with Gasteiger partial charge in [0, 0.05) is 45.5 Å². The smallest absolute Gasteiger partial charge is 0.191 e. The van der Waals surface area contributed by atoms with E-state index in [1.165, 1.54) is 19.4 Å². The van der Waals surface area contributed by atoms with Crippen LogP contribution in [0.25, 0.3) is 0 Å². The maximum absolute atomic E-state index is 13.9. The Hall–Kier alpha value is -1.91. The molecule has 30 heavy (non-hydrogen) atoms. The number of sulfone groups is 1. The molecule has 0 amide bonds. The maximum atomic E-state index is 13.9. The minimum Gasteiger partial charge on any atom is -0.494 e. The average molecular weight is 445 g/mol. The molecule has 1 aliphatic heterocycles. The normalized spacial score (nSPS) is 16.5. The lowest BCUT2D eigenvalue weighted by molar-refractivity contribution is 0.153. The van der Waals surface area contributed by atoms with Gasteiger partial charge in [-0.15, -0.1) is 0 Å². The Morgan fingerprint density at radius 2 is 2.03 bits per heavy atom. The molecule has 1 fully saturated rings. The molecule has 0 bridgehead atoms. The zero-order chi connectivity index (χ0) is 22.0. The van der Waals surface area contributed by atoms with Gasteiger partial charge in [-0.2, -0.15) is 0 Å². The Balaban J connectivity index is 1.66. The second-order valence-electron chi connectivity index (χ2n) is 7.40. The van der Waals surface area contributed by atoms with Gasteiger partial charge in [0.1, 0.15) is 9.84 Å². The van der Waals surface area contributed by atoms with Crippen LogP contribution in [0.4, 0.5) is 4.39 Å². The van der Waals surface area contributed by atoms with Crippen LogP contribution in [0.5, 0.6) is 5.75 Å². The van der Waals surface area contributed by atoms with Crippen LogP contribution in [0.1, 0.15) is 18.4 Å². The van der Waals surface area contributed by atoms with E-state index in [0.29, 0.717) is 31.7 Å². The number of likely N-dealkylation sites (tertiary alicyclic amines) is 1. The minimum atomic E-state index is -2.99. The molecule has 10 heteroatoms. The summed E-state index contributed by atoms with van der Waals surface area (Å²) in [6, 6.07) is 5.41. The van der Waals surface area contributed by atoms with Crippen molar-refractivity contribution in [1.82, 2.24) is 15.5 Å². The molecule has 0 unspecified atom stereocenters. The summed E-state index contributed by atoms with van der Waals surface area (Å²) in [4.78, 5) is 6.54. The third kappa shape index (κ3) is 8.85. The van der Waals surface area contributed by atoms with E-state index in [0.717, 1.165) is 31.5 Å². The number of halogens is 1. The van der Waals surface area contributed by atoms with Crippen molar-refractivity contribution in [3.63, 3.8) is 0 Å². The lowest BCUT2D eigenvalue weighted by Gasteiger charge is -2.33. The molecule has 1 heterocycles. The van der Waals surface area contributed by atoms with E-state index >= 15 is 0 Å². The van der Waals surface area contributed by atoms with Crippen molar-refractivity contribution in [2.45, 2.75) is 25.4 Å². The molecule has 1 aliphatic rings. The quantitative estimate of drug-likeness (QED) is 0.316. The van der Waals surface area contributed by atoms with Crippen LogP contribution in [0.2, 0.25) is 0 Å². The van der Waals surface area contributed by atoms with E-state index in [-0.39, 0.29) is 23.9 Å². The van der Waals surface area contributed by atoms with Gasteiger partial charge in [-0.05, 0) is 30.5 Å². The topological polar surface area (TPSA) is 92.3 Å². The molecule has 0 atom stereocenters. The van der Waals surface area contributed by atoms with Crippen molar-refractivity contribution < 1.29 is 22.3 Å². The fourth-order valence-electron chi connectivity index (χ4n) is 3.24. The second-order valence-corrected chi connectivity index (χ2v) is 9.66. The van der Waals surface area contributed by atoms with Crippen molar-refractivity contribution >= 4 is 15.8 Å². The van der Waals surface area contributed by atoms with Crippen LogP contribution in [0, 0.1) is 5.82 Å². The molecule has 0 radical (unpaired) electrons. The van der Waals surface area contributed by atoms with Crippen molar-refractivity contribution in [2.75, 3.05) is 59.0 Å². The summed E-state index contributed by atoms with van der Waals surface area (Å²) in [6.45, 7) is 3.70. The summed E-state index contributed by atoms with van der Waals surface area (Å²) in [6.07, 6.45) is 3.12. The highest BCUT2D eigenvalue weighted by atomic mass is 32.2. The van der Waals surface area contributed by atoms with Crippen LogP contribution in [-0.4, -0.2) is 84.3 Å². The van der Waals surface area contributed by atoms with E-state index in [1.807, 2.05) is 6.07 Å². The van der Waals surface area contributed by atoms with Crippen molar-refractivity contribution in [3.05, 3.63) is 29.6 Å². The monoisotopic (exact) mass is 444 g/mol. The van der Waals surface area contributed by atoms with E-state index < -0.39 is 9.84 Å². The van der Waals surface area contributed by atoms with Crippen LogP contribution in [-0.2, 0) is 21.1 Å². The van der Waals surface area contributed by atoms with Crippen LogP contribution < -0.4 is 15.4 Å². The van der Waals surface area contributed by atoms with Gasteiger partial charge >= 0.3 is 0 Å². The molecule has 2 N–H and O–H groups in total. The zero-order valence-electron chi connectivity index (χ0n) is 18.0. The van der Waals surface area contributed by atoms with E-state index in [9.17, 15) is 12.8 Å². The predicted octanol–water partition coefficient (Wildman–Crippen LogP) is 1.02. The van der Waals surface area contributed by atoms with E-state index in [4.69, 9.17) is 9.47 Å². The molecule has 2 rings (SSSR count). The summed E-state index contributed by atoms with van der Waals surface area (Å²) >= 11 is 0. The van der Waals surface area contributed by atoms with E-state index in [1.54, 1.807) is 13.1 Å². The minimum absolute atomic E-state index is 0.0295. The van der Waals surface area contributed by atoms with Crippen LogP contribution in [0.3, 0.4) is 0 Å². The van der Waals surface area contributed by atoms with Gasteiger partial charge in [-0.3, -0.25) is 9.89 Å². The standard InChI is InChI=1S/C20H33FN4O4S/c1-22-20(23-8-11-29-12-13-30(3,26)27)24-17-6-9-25(10-7-17)15-16-4-5-19(28-2)18(21)14-16/h4-5,14,17H,6-13,15H2,1-3H3,(H2,22,23,24). The number of methoxy groups -OCH3 is 1. The SMILES string of the molecule is CN=C(NCCOCCS(C)(=O)=O)NC1CCN(Cc2ccc(OC)c(F)c2)CC1. The van der Waals surface area contributed by atoms with Crippen molar-refractivity contribution in [3.8, 4) is 5.75 Å². The number of hydrogen-bond acceptors (Lipinski definition) is 6. The second kappa shape index (κ2) is 12.1. The average Bonchev–Trinajstić information content (AvgIpc) is 2.70. The zero-order valence-corrected chi connectivity index (χ0v) is 18.8. The first-order chi connectivity index (χ1) is 14.3. The highest BCUT2D eigenvalue weighted by Crippen LogP contribution is 2.20. The number of aliphatic imine (C=N–C) groups is 1. The van der Waals surface area contributed by atoms with Gasteiger partial charge in [0.25, 0.3) is 0 Å². The number of rotatable bonds is 10. The summed E-state index contributed by atoms with van der Waals surface area (Å²) < 4.78 is 46.3. The number of guanidine groups is 1. The van der Waals surface area contributed by atoms with Gasteiger partial charge in [-0.1, -0.05) is 6.07 Å². The third-order valence-electron chi connectivity index (χ3n) is 4.91. The fraction of sp³-hybridized carbons (Fsp3) is 0.650. The van der Waals surface area contributed by atoms with Crippen LogP contribution in [0.15, 0.2) is 23.2 Å². The first-order valence-electron chi connectivity index (χ1n) is 10.1. The molecule has 8 nitrogen and oxygen atoms in total. The molecule has 0 saturated carbocycles. The maximum Gasteiger partial charge on any atom is 0.191 e. The Bertz CT molecular complexity index is 796. The van der Waals surface area contributed by atoms with Gasteiger partial charge in [0.15, 0.2) is 17.5 Å². The summed E-state index contributed by atoms with van der Waals surface area (Å²) in [5, 5.41) is 6.59. The predicted molar refractivity (Wildman–Crippen MR) is 116 cm³/mol. The summed E-state index contributed by atoms with van der Waals surface area (Å²) in [5.41, 5.74) is 0.938. The first-order valence-corrected chi connectivity index (χ1v) is 12.1. The number of hydrogen-bond donors (Lipinski definition) is 2. The van der Waals surface area contributed by atoms with Gasteiger partial charge < -0.3 is 20.1 Å². The molecule has 0 aromatic heterocycles. The lowest BCUT2D eigenvalue weighted by atomic mass is 10.0. The molecule has 0 spiro atoms.